The molecule has 0 atom stereocenters. The predicted molar refractivity (Wildman–Crippen MR) is 403 cm³/mol. The summed E-state index contributed by atoms with van der Waals surface area (Å²) in [6.45, 7) is 4.26. The van der Waals surface area contributed by atoms with Crippen molar-refractivity contribution in [3.63, 3.8) is 0 Å². The number of piperidine rings is 3. The van der Waals surface area contributed by atoms with Gasteiger partial charge in [-0.15, -0.1) is 0 Å². The molecule has 2 amide bonds. The van der Waals surface area contributed by atoms with Gasteiger partial charge >= 0.3 is 0 Å². The zero-order valence-electron chi connectivity index (χ0n) is 59.5. The van der Waals surface area contributed by atoms with E-state index in [0.717, 1.165) is 70.8 Å². The number of hydrogen-bond acceptors (Lipinski definition) is 21. The van der Waals surface area contributed by atoms with E-state index < -0.39 is 87.2 Å². The van der Waals surface area contributed by atoms with E-state index in [4.69, 9.17) is 14.2 Å². The van der Waals surface area contributed by atoms with Crippen LogP contribution in [0.1, 0.15) is 52.4 Å². The number of nitro benzene ring substituents is 2. The van der Waals surface area contributed by atoms with E-state index in [0.29, 0.717) is 11.4 Å². The number of non-ortho nitro benzene ring substituents is 2. The fourth-order valence-corrected chi connectivity index (χ4v) is 23.7. The highest BCUT2D eigenvalue weighted by Gasteiger charge is 2.55. The smallest absolute Gasteiger partial charge is 0.269 e. The molecular formula is C73H78N10O21S6. The van der Waals surface area contributed by atoms with Crippen molar-refractivity contribution >= 4 is 94.7 Å². The number of anilines is 2. The molecule has 2 N–H and O–H groups in total. The zero-order chi connectivity index (χ0) is 78.7. The third-order valence-corrected chi connectivity index (χ3v) is 31.5. The molecule has 0 unspecified atom stereocenters. The van der Waals surface area contributed by atoms with Crippen LogP contribution in [-0.4, -0.2) is 194 Å². The number of hydrogen-bond donors (Lipinski definition) is 2. The number of nitrogens with one attached hydrogen (secondary N) is 2. The summed E-state index contributed by atoms with van der Waals surface area (Å²) in [7, 11) is -23.3. The van der Waals surface area contributed by atoms with Gasteiger partial charge in [0.1, 0.15) is 17.2 Å². The van der Waals surface area contributed by atoms with Crippen molar-refractivity contribution in [2.75, 3.05) is 89.4 Å². The second-order valence-electron chi connectivity index (χ2n) is 26.5. The first-order valence-corrected chi connectivity index (χ1v) is 43.4. The van der Waals surface area contributed by atoms with Crippen LogP contribution in [0.4, 0.5) is 22.7 Å². The molecule has 6 aliphatic rings. The van der Waals surface area contributed by atoms with E-state index in [1.54, 1.807) is 24.3 Å². The Bertz CT molecular complexity index is 5430. The average Bonchev–Trinajstić information content (AvgIpc) is 1.54. The quantitative estimate of drug-likeness (QED) is 0.0598. The Morgan fingerprint density at radius 1 is 0.318 bits per heavy atom. The lowest BCUT2D eigenvalue weighted by atomic mass is 10.0. The standard InChI is InChI=1S/C31H30N2O5S2.C23H28N4O7S2.C19H20N4O9S2/c34-39(35,29-15-11-27(12-16-29)25-7-3-1-4-8-25)32-21-19-31(20-22-32)33(23-24-38-31)40(36,37)30-17-13-28(14-18-30)26-9-5-2-6-10-26;1-17(28)24-19-3-7-21(8-4-19)35(30,31)26-13-11-23(12-14-26)27(15-16-34-23)36(32,33)22-9-5-20(6-10-22)25-18(2)29;24-22(25)15-1-5-17(6-2-15)33(28,29)20-11-9-19(10-12-20)21(13-14-32-19)34(30,31)18-7-3-16(4-8-18)23(26)27/h1-18H,19-24H2;3-10H,11-16H2,1-2H3,(H,24,28)(H,25,29);1-8H,9-14H2. The van der Waals surface area contributed by atoms with E-state index in [-0.39, 0.29) is 170 Å². The van der Waals surface area contributed by atoms with Crippen molar-refractivity contribution in [1.29, 1.82) is 0 Å². The maximum absolute atomic E-state index is 13.7. The lowest BCUT2D eigenvalue weighted by molar-refractivity contribution is -0.385. The second-order valence-corrected chi connectivity index (χ2v) is 37.9. The third-order valence-electron chi connectivity index (χ3n) is 19.9. The van der Waals surface area contributed by atoms with Gasteiger partial charge in [0.05, 0.1) is 59.0 Å². The fraction of sp³-hybridized carbons (Fsp3) is 0.315. The van der Waals surface area contributed by atoms with Gasteiger partial charge in [-0.3, -0.25) is 29.8 Å². The molecule has 37 heteroatoms. The Balaban J connectivity index is 0.000000154. The van der Waals surface area contributed by atoms with Crippen molar-refractivity contribution in [1.82, 2.24) is 25.8 Å². The van der Waals surface area contributed by atoms with Crippen LogP contribution < -0.4 is 10.6 Å². The molecule has 0 bridgehead atoms. The molecule has 31 nitrogen and oxygen atoms in total. The molecule has 0 saturated carbocycles. The third kappa shape index (κ3) is 16.7. The van der Waals surface area contributed by atoms with Crippen molar-refractivity contribution in [2.24, 2.45) is 0 Å². The van der Waals surface area contributed by atoms with E-state index in [9.17, 15) is 80.3 Å². The summed E-state index contributed by atoms with van der Waals surface area (Å²) in [5.74, 6) is -0.519. The van der Waals surface area contributed by atoms with Crippen molar-refractivity contribution < 1.29 is 84.2 Å². The maximum atomic E-state index is 13.7. The molecule has 6 aliphatic heterocycles. The Morgan fingerprint density at radius 2 is 0.536 bits per heavy atom. The average molecular weight is 1620 g/mol. The molecular weight excluding hydrogens is 1550 g/mol. The molecule has 582 valence electrons. The molecule has 6 saturated heterocycles. The highest BCUT2D eigenvalue weighted by molar-refractivity contribution is 7.90. The molecule has 0 aliphatic carbocycles. The highest BCUT2D eigenvalue weighted by Crippen LogP contribution is 2.44. The first kappa shape index (κ1) is 80.4. The van der Waals surface area contributed by atoms with Gasteiger partial charge in [-0.1, -0.05) is 84.9 Å². The molecule has 14 rings (SSSR count). The Kier molecular flexibility index (Phi) is 23.6. The van der Waals surface area contributed by atoms with Gasteiger partial charge in [0, 0.05) is 147 Å². The SMILES string of the molecule is CC(=O)Nc1ccc(S(=O)(=O)N2CCC3(CC2)OCCN3S(=O)(=O)c2ccc(NC(C)=O)cc2)cc1.O=S(=O)(c1ccc(-c2ccccc2)cc1)N1CCC2(CC1)OCCN2S(=O)(=O)c1ccc(-c2ccccc2)cc1.O=[N+]([O-])c1ccc(S(=O)(=O)N2CCC3(CC2)OCCN3S(=O)(=O)c2ccc([N+](=O)[O-])cc2)cc1. The van der Waals surface area contributed by atoms with E-state index in [1.807, 2.05) is 84.9 Å². The number of sulfonamides is 6. The summed E-state index contributed by atoms with van der Waals surface area (Å²) in [6.07, 6.45) is 1.03. The number of amides is 2. The van der Waals surface area contributed by atoms with Gasteiger partial charge in [-0.05, 0) is 119 Å². The van der Waals surface area contributed by atoms with Crippen molar-refractivity contribution in [3.05, 3.63) is 226 Å². The summed E-state index contributed by atoms with van der Waals surface area (Å²) in [5, 5.41) is 26.9. The summed E-state index contributed by atoms with van der Waals surface area (Å²) in [6, 6.07) is 54.2. The number of carbonyl (C=O) groups is 2. The maximum Gasteiger partial charge on any atom is 0.269 e. The van der Waals surface area contributed by atoms with Crippen LogP contribution in [0, 0.1) is 20.2 Å². The number of ether oxygens (including phenoxy) is 3. The first-order chi connectivity index (χ1) is 52.2. The van der Waals surface area contributed by atoms with E-state index in [2.05, 4.69) is 10.6 Å². The van der Waals surface area contributed by atoms with Crippen LogP contribution in [0.2, 0.25) is 0 Å². The lowest BCUT2D eigenvalue weighted by Crippen LogP contribution is -2.55. The number of carbonyl (C=O) groups excluding carboxylic acids is 2. The first-order valence-electron chi connectivity index (χ1n) is 34.8. The summed E-state index contributed by atoms with van der Waals surface area (Å²) in [5.41, 5.74) is 0.979. The summed E-state index contributed by atoms with van der Waals surface area (Å²) in [4.78, 5) is 43.2. The molecule has 110 heavy (non-hydrogen) atoms. The van der Waals surface area contributed by atoms with Crippen LogP contribution >= 0.6 is 0 Å². The lowest BCUT2D eigenvalue weighted by Gasteiger charge is -2.42. The number of nitrogens with zero attached hydrogens (tertiary/aromatic N) is 8. The normalized spacial score (nSPS) is 18.7. The minimum absolute atomic E-state index is 0.0222. The second kappa shape index (κ2) is 32.3. The van der Waals surface area contributed by atoms with Gasteiger partial charge in [0.25, 0.3) is 11.4 Å². The Labute approximate surface area is 637 Å². The topological polar surface area (TPSA) is 396 Å². The monoisotopic (exact) mass is 1620 g/mol. The molecule has 6 fully saturated rings. The van der Waals surface area contributed by atoms with Crippen LogP contribution in [0.3, 0.4) is 0 Å². The number of nitro groups is 2. The summed E-state index contributed by atoms with van der Waals surface area (Å²) >= 11 is 0. The van der Waals surface area contributed by atoms with E-state index in [1.165, 1.54) is 88.2 Å². The van der Waals surface area contributed by atoms with E-state index >= 15 is 0 Å². The van der Waals surface area contributed by atoms with Gasteiger partial charge in [0.15, 0.2) is 0 Å². The summed E-state index contributed by atoms with van der Waals surface area (Å²) < 4.78 is 186. The van der Waals surface area contributed by atoms with Gasteiger partial charge in [0.2, 0.25) is 72.0 Å². The molecule has 8 aromatic carbocycles. The Hall–Kier alpha value is -9.16. The van der Waals surface area contributed by atoms with Crippen LogP contribution in [-0.2, 0) is 83.9 Å². The number of benzene rings is 8. The highest BCUT2D eigenvalue weighted by atomic mass is 32.2. The molecule has 8 aromatic rings. The van der Waals surface area contributed by atoms with Crippen molar-refractivity contribution in [2.45, 2.75) is 98.9 Å². The van der Waals surface area contributed by atoms with Crippen LogP contribution in [0.5, 0.6) is 0 Å². The van der Waals surface area contributed by atoms with Crippen LogP contribution in [0.15, 0.2) is 236 Å². The van der Waals surface area contributed by atoms with Gasteiger partial charge in [-0.2, -0.15) is 25.8 Å². The number of rotatable bonds is 18. The minimum Gasteiger partial charge on any atom is -0.358 e. The largest absolute Gasteiger partial charge is 0.358 e. The minimum atomic E-state index is -4.05. The molecule has 3 spiro atoms. The molecule has 0 aromatic heterocycles. The van der Waals surface area contributed by atoms with Gasteiger partial charge in [-0.25, -0.2) is 50.5 Å². The molecule has 0 radical (unpaired) electrons. The van der Waals surface area contributed by atoms with Crippen LogP contribution in [0.25, 0.3) is 22.3 Å². The Morgan fingerprint density at radius 3 is 0.773 bits per heavy atom. The molecule has 6 heterocycles. The predicted octanol–water partition coefficient (Wildman–Crippen LogP) is 8.73. The van der Waals surface area contributed by atoms with Gasteiger partial charge < -0.3 is 24.8 Å². The van der Waals surface area contributed by atoms with Crippen molar-refractivity contribution in [3.8, 4) is 22.3 Å². The fourth-order valence-electron chi connectivity index (χ4n) is 14.2. The zero-order valence-corrected chi connectivity index (χ0v) is 64.4.